The molecule has 3 rings (SSSR count). The van der Waals surface area contributed by atoms with E-state index in [1.807, 2.05) is 0 Å². The SMILES string of the molecule is CN=C(NCCCCN1C(=O)c2ccccc2C1=O)NC1CCN(CCCOC)CC1.I. The molecule has 1 aromatic rings. The first-order valence-corrected chi connectivity index (χ1v) is 11.3. The number of amides is 2. The van der Waals surface area contributed by atoms with Gasteiger partial charge >= 0.3 is 0 Å². The largest absolute Gasteiger partial charge is 0.385 e. The number of ether oxygens (including phenoxy) is 1. The maximum absolute atomic E-state index is 12.4. The fourth-order valence-corrected chi connectivity index (χ4v) is 4.17. The number of fused-ring (bicyclic) bond motifs is 1. The van der Waals surface area contributed by atoms with Crippen LogP contribution in [-0.4, -0.2) is 87.1 Å². The molecule has 0 radical (unpaired) electrons. The summed E-state index contributed by atoms with van der Waals surface area (Å²) in [5.41, 5.74) is 1.03. The summed E-state index contributed by atoms with van der Waals surface area (Å²) >= 11 is 0. The van der Waals surface area contributed by atoms with Gasteiger partial charge in [0.25, 0.3) is 11.8 Å². The van der Waals surface area contributed by atoms with E-state index in [0.29, 0.717) is 23.7 Å². The van der Waals surface area contributed by atoms with E-state index >= 15 is 0 Å². The van der Waals surface area contributed by atoms with Gasteiger partial charge in [-0.3, -0.25) is 19.5 Å². The maximum Gasteiger partial charge on any atom is 0.261 e. The summed E-state index contributed by atoms with van der Waals surface area (Å²) in [5, 5.41) is 6.88. The van der Waals surface area contributed by atoms with E-state index in [4.69, 9.17) is 4.74 Å². The van der Waals surface area contributed by atoms with Crippen LogP contribution >= 0.6 is 24.0 Å². The van der Waals surface area contributed by atoms with Crippen molar-refractivity contribution in [3.8, 4) is 0 Å². The van der Waals surface area contributed by atoms with Crippen molar-refractivity contribution in [3.05, 3.63) is 35.4 Å². The zero-order valence-electron chi connectivity index (χ0n) is 19.1. The van der Waals surface area contributed by atoms with Gasteiger partial charge in [0.1, 0.15) is 0 Å². The molecule has 0 aliphatic carbocycles. The Labute approximate surface area is 208 Å². The summed E-state index contributed by atoms with van der Waals surface area (Å²) in [5.74, 6) is 0.456. The highest BCUT2D eigenvalue weighted by Gasteiger charge is 2.34. The summed E-state index contributed by atoms with van der Waals surface area (Å²) in [7, 11) is 3.54. The van der Waals surface area contributed by atoms with Crippen molar-refractivity contribution in [3.63, 3.8) is 0 Å². The summed E-state index contributed by atoms with van der Waals surface area (Å²) < 4.78 is 5.13. The van der Waals surface area contributed by atoms with Crippen LogP contribution in [0.4, 0.5) is 0 Å². The van der Waals surface area contributed by atoms with Crippen molar-refractivity contribution in [1.29, 1.82) is 0 Å². The molecular formula is C23H36IN5O3. The zero-order valence-corrected chi connectivity index (χ0v) is 21.5. The van der Waals surface area contributed by atoms with Gasteiger partial charge in [-0.05, 0) is 44.2 Å². The summed E-state index contributed by atoms with van der Waals surface area (Å²) in [6, 6.07) is 7.46. The molecule has 0 saturated carbocycles. The first-order chi connectivity index (χ1) is 15.1. The molecule has 0 unspecified atom stereocenters. The molecule has 0 spiro atoms. The molecule has 2 aliphatic rings. The Balaban J connectivity index is 0.00000363. The second kappa shape index (κ2) is 13.7. The summed E-state index contributed by atoms with van der Waals surface area (Å²) in [6.07, 6.45) is 4.90. The molecular weight excluding hydrogens is 521 g/mol. The van der Waals surface area contributed by atoms with Crippen LogP contribution in [0, 0.1) is 0 Å². The number of methoxy groups -OCH3 is 1. The fourth-order valence-electron chi connectivity index (χ4n) is 4.17. The molecule has 2 aliphatic heterocycles. The minimum absolute atomic E-state index is 0. The second-order valence-corrected chi connectivity index (χ2v) is 8.12. The first-order valence-electron chi connectivity index (χ1n) is 11.3. The number of unbranched alkanes of at least 4 members (excludes halogenated alkanes) is 1. The number of guanidine groups is 1. The maximum atomic E-state index is 12.4. The van der Waals surface area contributed by atoms with Crippen molar-refractivity contribution in [2.45, 2.75) is 38.1 Å². The third kappa shape index (κ3) is 7.14. The zero-order chi connectivity index (χ0) is 22.1. The van der Waals surface area contributed by atoms with E-state index in [1.165, 1.54) is 4.90 Å². The second-order valence-electron chi connectivity index (χ2n) is 8.12. The number of aliphatic imine (C=N–C) groups is 1. The minimum Gasteiger partial charge on any atom is -0.385 e. The van der Waals surface area contributed by atoms with Crippen molar-refractivity contribution in [2.75, 3.05) is 53.5 Å². The van der Waals surface area contributed by atoms with Crippen molar-refractivity contribution in [2.24, 2.45) is 4.99 Å². The molecule has 0 atom stereocenters. The van der Waals surface area contributed by atoms with Crippen LogP contribution in [0.1, 0.15) is 52.8 Å². The summed E-state index contributed by atoms with van der Waals surface area (Å²) in [6.45, 7) is 5.31. The topological polar surface area (TPSA) is 86.3 Å². The van der Waals surface area contributed by atoms with Crippen LogP contribution in [-0.2, 0) is 4.74 Å². The fraction of sp³-hybridized carbons (Fsp3) is 0.609. The van der Waals surface area contributed by atoms with E-state index in [1.54, 1.807) is 38.4 Å². The van der Waals surface area contributed by atoms with Gasteiger partial charge in [-0.15, -0.1) is 24.0 Å². The molecule has 2 N–H and O–H groups in total. The molecule has 2 amide bonds. The number of nitrogens with one attached hydrogen (secondary N) is 2. The molecule has 1 fully saturated rings. The van der Waals surface area contributed by atoms with Gasteiger partial charge in [0.15, 0.2) is 5.96 Å². The normalized spacial score (nSPS) is 17.3. The molecule has 178 valence electrons. The van der Waals surface area contributed by atoms with Gasteiger partial charge < -0.3 is 20.3 Å². The predicted molar refractivity (Wildman–Crippen MR) is 137 cm³/mol. The molecule has 2 heterocycles. The lowest BCUT2D eigenvalue weighted by Gasteiger charge is -2.33. The highest BCUT2D eigenvalue weighted by molar-refractivity contribution is 14.0. The third-order valence-electron chi connectivity index (χ3n) is 5.95. The van der Waals surface area contributed by atoms with Crippen LogP contribution in [0.2, 0.25) is 0 Å². The standard InChI is InChI=1S/C23H35N5O3.HI/c1-24-23(26-18-10-15-27(16-11-18)13-7-17-31-2)25-12-5-6-14-28-21(29)19-8-3-4-9-20(19)22(28)30;/h3-4,8-9,18H,5-7,10-17H2,1-2H3,(H2,24,25,26);1H. The monoisotopic (exact) mass is 557 g/mol. The van der Waals surface area contributed by atoms with Gasteiger partial charge in [0.05, 0.1) is 11.1 Å². The van der Waals surface area contributed by atoms with Crippen molar-refractivity contribution in [1.82, 2.24) is 20.4 Å². The third-order valence-corrected chi connectivity index (χ3v) is 5.95. The van der Waals surface area contributed by atoms with Gasteiger partial charge in [-0.1, -0.05) is 12.1 Å². The van der Waals surface area contributed by atoms with Crippen LogP contribution in [0.5, 0.6) is 0 Å². The molecule has 9 heteroatoms. The minimum atomic E-state index is -0.181. The van der Waals surface area contributed by atoms with Crippen LogP contribution in [0.25, 0.3) is 0 Å². The van der Waals surface area contributed by atoms with E-state index in [-0.39, 0.29) is 35.8 Å². The van der Waals surface area contributed by atoms with E-state index in [9.17, 15) is 9.59 Å². The Morgan fingerprint density at radius 3 is 2.31 bits per heavy atom. The van der Waals surface area contributed by atoms with Crippen LogP contribution in [0.15, 0.2) is 29.3 Å². The molecule has 1 saturated heterocycles. The number of imide groups is 1. The Hall–Kier alpha value is -1.72. The number of hydrogen-bond acceptors (Lipinski definition) is 5. The number of hydrogen-bond donors (Lipinski definition) is 2. The first kappa shape index (κ1) is 26.5. The van der Waals surface area contributed by atoms with Crippen LogP contribution in [0.3, 0.4) is 0 Å². The molecule has 32 heavy (non-hydrogen) atoms. The lowest BCUT2D eigenvalue weighted by atomic mass is 10.1. The van der Waals surface area contributed by atoms with Crippen molar-refractivity contribution >= 4 is 41.8 Å². The number of benzene rings is 1. The molecule has 8 nitrogen and oxygen atoms in total. The Morgan fingerprint density at radius 2 is 1.72 bits per heavy atom. The van der Waals surface area contributed by atoms with Gasteiger partial charge in [-0.2, -0.15) is 0 Å². The Bertz CT molecular complexity index is 746. The Morgan fingerprint density at radius 1 is 1.06 bits per heavy atom. The van der Waals surface area contributed by atoms with E-state index < -0.39 is 0 Å². The van der Waals surface area contributed by atoms with Gasteiger partial charge in [0, 0.05) is 59.5 Å². The number of likely N-dealkylation sites (tertiary alicyclic amines) is 1. The summed E-state index contributed by atoms with van der Waals surface area (Å²) in [4.78, 5) is 33.0. The van der Waals surface area contributed by atoms with Gasteiger partial charge in [0.2, 0.25) is 0 Å². The Kier molecular flexibility index (Phi) is 11.4. The number of rotatable bonds is 10. The number of piperidine rings is 1. The average Bonchev–Trinajstić information content (AvgIpc) is 3.04. The number of carbonyl (C=O) groups is 2. The highest BCUT2D eigenvalue weighted by atomic mass is 127. The average molecular weight is 557 g/mol. The number of nitrogens with zero attached hydrogens (tertiary/aromatic N) is 3. The smallest absolute Gasteiger partial charge is 0.261 e. The van der Waals surface area contributed by atoms with Crippen molar-refractivity contribution < 1.29 is 14.3 Å². The predicted octanol–water partition coefficient (Wildman–Crippen LogP) is 2.35. The number of carbonyl (C=O) groups excluding carboxylic acids is 2. The molecule has 0 aromatic heterocycles. The quantitative estimate of drug-likeness (QED) is 0.151. The molecule has 0 bridgehead atoms. The number of halogens is 1. The van der Waals surface area contributed by atoms with E-state index in [0.717, 1.165) is 70.8 Å². The highest BCUT2D eigenvalue weighted by Crippen LogP contribution is 2.22. The lowest BCUT2D eigenvalue weighted by molar-refractivity contribution is 0.0652. The molecule has 1 aromatic carbocycles. The van der Waals surface area contributed by atoms with Gasteiger partial charge in [-0.25, -0.2) is 0 Å². The van der Waals surface area contributed by atoms with E-state index in [2.05, 4.69) is 20.5 Å². The lowest BCUT2D eigenvalue weighted by Crippen LogP contribution is -2.49. The van der Waals surface area contributed by atoms with Crippen LogP contribution < -0.4 is 10.6 Å².